The Morgan fingerprint density at radius 3 is 2.27 bits per heavy atom. The number of esters is 1. The van der Waals surface area contributed by atoms with Crippen LogP contribution in [0.5, 0.6) is 0 Å². The van der Waals surface area contributed by atoms with Gasteiger partial charge in [-0.05, 0) is 61.0 Å². The van der Waals surface area contributed by atoms with E-state index in [4.69, 9.17) is 16.3 Å². The van der Waals surface area contributed by atoms with Gasteiger partial charge >= 0.3 is 5.97 Å². The van der Waals surface area contributed by atoms with E-state index in [0.717, 1.165) is 10.5 Å². The number of rotatable bonds is 8. The third kappa shape index (κ3) is 7.10. The summed E-state index contributed by atoms with van der Waals surface area (Å²) >= 11 is 7.24. The first-order valence-corrected chi connectivity index (χ1v) is 11.4. The zero-order valence-corrected chi connectivity index (χ0v) is 19.7. The fourth-order valence-electron chi connectivity index (χ4n) is 2.98. The topological polar surface area (TPSA) is 84.5 Å². The SMILES string of the molecule is COC(=O)c1ccccc1NC(=O)C(C)Sc1ccc(NC(=O)Cc2ccc(Cl)cc2)cc1. The molecule has 0 fully saturated rings. The first kappa shape index (κ1) is 24.4. The van der Waals surface area contributed by atoms with E-state index in [9.17, 15) is 14.4 Å². The maximum Gasteiger partial charge on any atom is 0.339 e. The number of hydrogen-bond acceptors (Lipinski definition) is 5. The average molecular weight is 483 g/mol. The van der Waals surface area contributed by atoms with Crippen molar-refractivity contribution in [1.29, 1.82) is 0 Å². The van der Waals surface area contributed by atoms with Gasteiger partial charge in [-0.25, -0.2) is 4.79 Å². The summed E-state index contributed by atoms with van der Waals surface area (Å²) < 4.78 is 4.76. The molecule has 0 aliphatic heterocycles. The molecule has 33 heavy (non-hydrogen) atoms. The second-order valence-electron chi connectivity index (χ2n) is 7.16. The molecule has 0 spiro atoms. The van der Waals surface area contributed by atoms with Crippen LogP contribution in [-0.4, -0.2) is 30.1 Å². The quantitative estimate of drug-likeness (QED) is 0.330. The summed E-state index contributed by atoms with van der Waals surface area (Å²) in [5.74, 6) is -0.883. The molecule has 0 heterocycles. The molecule has 0 aromatic heterocycles. The van der Waals surface area contributed by atoms with Crippen molar-refractivity contribution in [3.63, 3.8) is 0 Å². The lowest BCUT2D eigenvalue weighted by Crippen LogP contribution is -2.23. The number of methoxy groups -OCH3 is 1. The third-order valence-electron chi connectivity index (χ3n) is 4.69. The first-order valence-electron chi connectivity index (χ1n) is 10.1. The summed E-state index contributed by atoms with van der Waals surface area (Å²) in [5.41, 5.74) is 2.24. The van der Waals surface area contributed by atoms with Gasteiger partial charge in [0.1, 0.15) is 0 Å². The van der Waals surface area contributed by atoms with E-state index in [0.29, 0.717) is 22.0 Å². The molecule has 3 aromatic rings. The molecule has 0 saturated carbocycles. The average Bonchev–Trinajstić information content (AvgIpc) is 2.81. The van der Waals surface area contributed by atoms with Crippen LogP contribution < -0.4 is 10.6 Å². The van der Waals surface area contributed by atoms with Crippen LogP contribution >= 0.6 is 23.4 Å². The molecule has 0 aliphatic rings. The molecule has 6 nitrogen and oxygen atoms in total. The molecule has 2 amide bonds. The van der Waals surface area contributed by atoms with Crippen LogP contribution in [-0.2, 0) is 20.7 Å². The van der Waals surface area contributed by atoms with Gasteiger partial charge in [0.05, 0.1) is 30.0 Å². The minimum absolute atomic E-state index is 0.130. The summed E-state index contributed by atoms with van der Waals surface area (Å²) in [4.78, 5) is 37.6. The number of carbonyl (C=O) groups is 3. The molecule has 3 rings (SSSR count). The van der Waals surface area contributed by atoms with Crippen molar-refractivity contribution < 1.29 is 19.1 Å². The zero-order chi connectivity index (χ0) is 23.8. The van der Waals surface area contributed by atoms with Crippen molar-refractivity contribution in [3.8, 4) is 0 Å². The standard InChI is InChI=1S/C25H23ClN2O4S/c1-16(24(30)28-22-6-4-3-5-21(22)25(31)32-2)33-20-13-11-19(12-14-20)27-23(29)15-17-7-9-18(26)10-8-17/h3-14,16H,15H2,1-2H3,(H,27,29)(H,28,30). The molecular formula is C25H23ClN2O4S. The number of halogens is 1. The lowest BCUT2D eigenvalue weighted by atomic mass is 10.1. The zero-order valence-electron chi connectivity index (χ0n) is 18.1. The summed E-state index contributed by atoms with van der Waals surface area (Å²) in [6.07, 6.45) is 0.248. The summed E-state index contributed by atoms with van der Waals surface area (Å²) in [6.45, 7) is 1.78. The largest absolute Gasteiger partial charge is 0.465 e. The molecule has 3 aromatic carbocycles. The molecule has 1 atom stereocenters. The van der Waals surface area contributed by atoms with Crippen molar-refractivity contribution in [2.75, 3.05) is 17.7 Å². The number of anilines is 2. The van der Waals surface area contributed by atoms with Crippen molar-refractivity contribution >= 4 is 52.5 Å². The summed E-state index contributed by atoms with van der Waals surface area (Å²) in [6, 6.07) is 21.1. The third-order valence-corrected chi connectivity index (χ3v) is 6.05. The van der Waals surface area contributed by atoms with Crippen molar-refractivity contribution in [3.05, 3.63) is 88.9 Å². The van der Waals surface area contributed by atoms with Crippen LogP contribution in [0.1, 0.15) is 22.8 Å². The Morgan fingerprint density at radius 1 is 0.939 bits per heavy atom. The van der Waals surface area contributed by atoms with Gasteiger partial charge in [0.15, 0.2) is 0 Å². The molecule has 0 bridgehead atoms. The maximum atomic E-state index is 12.6. The Balaban J connectivity index is 1.55. The Hall–Kier alpha value is -3.29. The Bertz CT molecular complexity index is 1130. The van der Waals surface area contributed by atoms with Gasteiger partial charge in [-0.3, -0.25) is 9.59 Å². The molecule has 0 aliphatic carbocycles. The van der Waals surface area contributed by atoms with E-state index in [-0.39, 0.29) is 18.2 Å². The van der Waals surface area contributed by atoms with Gasteiger partial charge in [0, 0.05) is 15.6 Å². The van der Waals surface area contributed by atoms with Crippen LogP contribution in [0.3, 0.4) is 0 Å². The second kappa shape index (κ2) is 11.5. The fourth-order valence-corrected chi connectivity index (χ4v) is 3.98. The first-order chi connectivity index (χ1) is 15.9. The van der Waals surface area contributed by atoms with E-state index < -0.39 is 11.2 Å². The molecule has 2 N–H and O–H groups in total. The van der Waals surface area contributed by atoms with Crippen molar-refractivity contribution in [2.45, 2.75) is 23.5 Å². The highest BCUT2D eigenvalue weighted by Gasteiger charge is 2.18. The normalized spacial score (nSPS) is 11.4. The smallest absolute Gasteiger partial charge is 0.339 e. The molecule has 0 saturated heterocycles. The van der Waals surface area contributed by atoms with Gasteiger partial charge in [-0.1, -0.05) is 35.9 Å². The van der Waals surface area contributed by atoms with Crippen molar-refractivity contribution in [2.24, 2.45) is 0 Å². The van der Waals surface area contributed by atoms with Crippen molar-refractivity contribution in [1.82, 2.24) is 0 Å². The van der Waals surface area contributed by atoms with Crippen LogP contribution in [0.4, 0.5) is 11.4 Å². The highest BCUT2D eigenvalue weighted by Crippen LogP contribution is 2.26. The number of para-hydroxylation sites is 1. The van der Waals surface area contributed by atoms with Gasteiger partial charge in [0.25, 0.3) is 0 Å². The van der Waals surface area contributed by atoms with Crippen LogP contribution in [0.25, 0.3) is 0 Å². The number of ether oxygens (including phenoxy) is 1. The summed E-state index contributed by atoms with van der Waals surface area (Å²) in [5, 5.41) is 5.85. The van der Waals surface area contributed by atoms with E-state index in [1.54, 1.807) is 55.5 Å². The number of hydrogen-bond donors (Lipinski definition) is 2. The second-order valence-corrected chi connectivity index (χ2v) is 9.01. The van der Waals surface area contributed by atoms with Gasteiger partial charge in [-0.15, -0.1) is 11.8 Å². The maximum absolute atomic E-state index is 12.6. The number of amides is 2. The van der Waals surface area contributed by atoms with E-state index in [2.05, 4.69) is 10.6 Å². The Kier molecular flexibility index (Phi) is 8.52. The Labute approximate surface area is 201 Å². The molecule has 170 valence electrons. The number of nitrogens with one attached hydrogen (secondary N) is 2. The molecular weight excluding hydrogens is 460 g/mol. The highest BCUT2D eigenvalue weighted by atomic mass is 35.5. The Morgan fingerprint density at radius 2 is 1.61 bits per heavy atom. The number of carbonyl (C=O) groups excluding carboxylic acids is 3. The van der Waals surface area contributed by atoms with Crippen LogP contribution in [0, 0.1) is 0 Å². The summed E-state index contributed by atoms with van der Waals surface area (Å²) in [7, 11) is 1.29. The number of thioether (sulfide) groups is 1. The fraction of sp³-hybridized carbons (Fsp3) is 0.160. The highest BCUT2D eigenvalue weighted by molar-refractivity contribution is 8.00. The lowest BCUT2D eigenvalue weighted by Gasteiger charge is -2.14. The lowest BCUT2D eigenvalue weighted by molar-refractivity contribution is -0.116. The molecule has 0 radical (unpaired) electrons. The predicted molar refractivity (Wildman–Crippen MR) is 132 cm³/mol. The van der Waals surface area contributed by atoms with Crippen LogP contribution in [0.2, 0.25) is 5.02 Å². The minimum atomic E-state index is -0.514. The molecule has 1 unspecified atom stereocenters. The van der Waals surface area contributed by atoms with Gasteiger partial charge in [0.2, 0.25) is 11.8 Å². The number of benzene rings is 3. The van der Waals surface area contributed by atoms with Gasteiger partial charge in [-0.2, -0.15) is 0 Å². The van der Waals surface area contributed by atoms with E-state index in [1.165, 1.54) is 18.9 Å². The van der Waals surface area contributed by atoms with E-state index in [1.807, 2.05) is 24.3 Å². The van der Waals surface area contributed by atoms with Gasteiger partial charge < -0.3 is 15.4 Å². The monoisotopic (exact) mass is 482 g/mol. The molecule has 8 heteroatoms. The van der Waals surface area contributed by atoms with Crippen LogP contribution in [0.15, 0.2) is 77.7 Å². The predicted octanol–water partition coefficient (Wildman–Crippen LogP) is 5.43. The van der Waals surface area contributed by atoms with E-state index >= 15 is 0 Å². The minimum Gasteiger partial charge on any atom is -0.465 e.